The Balaban J connectivity index is 2.57. The minimum atomic E-state index is -0.532. The second-order valence-electron chi connectivity index (χ2n) is 3.99. The Hall–Kier alpha value is -2.30. The van der Waals surface area contributed by atoms with Crippen LogP contribution in [0.25, 0.3) is 0 Å². The van der Waals surface area contributed by atoms with Gasteiger partial charge in [-0.25, -0.2) is 0 Å². The van der Waals surface area contributed by atoms with Crippen molar-refractivity contribution in [3.05, 3.63) is 35.9 Å². The number of rotatable bonds is 5. The van der Waals surface area contributed by atoms with Gasteiger partial charge in [-0.05, 0) is 38.1 Å². The fourth-order valence-electron chi connectivity index (χ4n) is 1.23. The first kappa shape index (κ1) is 13.8. The van der Waals surface area contributed by atoms with E-state index in [4.69, 9.17) is 10.5 Å². The van der Waals surface area contributed by atoms with Crippen LogP contribution in [-0.2, 0) is 9.59 Å². The number of carbonyl (C=O) groups excluding carboxylic acids is 2. The van der Waals surface area contributed by atoms with Gasteiger partial charge < -0.3 is 15.8 Å². The summed E-state index contributed by atoms with van der Waals surface area (Å²) < 4.78 is 5.09. The number of carbonyl (C=O) groups is 2. The molecule has 5 nitrogen and oxygen atoms in total. The molecule has 3 N–H and O–H groups in total. The number of hydrogen-bond donors (Lipinski definition) is 2. The van der Waals surface area contributed by atoms with Crippen molar-refractivity contribution >= 4 is 17.5 Å². The van der Waals surface area contributed by atoms with Gasteiger partial charge in [0, 0.05) is 11.8 Å². The fraction of sp³-hybridized carbons (Fsp3) is 0.231. The van der Waals surface area contributed by atoms with Crippen molar-refractivity contribution in [3.8, 4) is 5.75 Å². The van der Waals surface area contributed by atoms with E-state index in [0.717, 1.165) is 5.57 Å². The highest BCUT2D eigenvalue weighted by molar-refractivity contribution is 5.99. The van der Waals surface area contributed by atoms with Gasteiger partial charge in [-0.1, -0.05) is 5.57 Å². The highest BCUT2D eigenvalue weighted by Gasteiger charge is 2.00. The zero-order chi connectivity index (χ0) is 13.5. The third-order valence-electron chi connectivity index (χ3n) is 1.92. The molecule has 0 saturated carbocycles. The molecule has 0 fully saturated rings. The summed E-state index contributed by atoms with van der Waals surface area (Å²) in [4.78, 5) is 22.0. The maximum absolute atomic E-state index is 11.4. The number of primary amides is 1. The molecule has 0 aliphatic rings. The van der Waals surface area contributed by atoms with Crippen LogP contribution in [0, 0.1) is 0 Å². The topological polar surface area (TPSA) is 81.4 Å². The van der Waals surface area contributed by atoms with Crippen LogP contribution >= 0.6 is 0 Å². The van der Waals surface area contributed by atoms with Gasteiger partial charge in [-0.15, -0.1) is 0 Å². The number of ether oxygens (including phenoxy) is 1. The fourth-order valence-corrected chi connectivity index (χ4v) is 1.23. The van der Waals surface area contributed by atoms with Crippen molar-refractivity contribution in [2.45, 2.75) is 13.8 Å². The zero-order valence-corrected chi connectivity index (χ0v) is 10.4. The zero-order valence-electron chi connectivity index (χ0n) is 10.4. The van der Waals surface area contributed by atoms with E-state index in [9.17, 15) is 9.59 Å². The van der Waals surface area contributed by atoms with Gasteiger partial charge in [0.2, 0.25) is 5.91 Å². The lowest BCUT2D eigenvalue weighted by Crippen LogP contribution is -2.20. The predicted octanol–water partition coefficient (Wildman–Crippen LogP) is 1.46. The van der Waals surface area contributed by atoms with E-state index in [1.807, 2.05) is 13.8 Å². The van der Waals surface area contributed by atoms with E-state index in [0.29, 0.717) is 11.4 Å². The van der Waals surface area contributed by atoms with Gasteiger partial charge >= 0.3 is 0 Å². The first-order valence-electron chi connectivity index (χ1n) is 5.44. The first-order valence-corrected chi connectivity index (χ1v) is 5.44. The number of allylic oxidation sites excluding steroid dienone is 1. The molecule has 0 spiro atoms. The van der Waals surface area contributed by atoms with Crippen LogP contribution in [0.2, 0.25) is 0 Å². The van der Waals surface area contributed by atoms with Crippen molar-refractivity contribution in [1.29, 1.82) is 0 Å². The van der Waals surface area contributed by atoms with Gasteiger partial charge in [-0.3, -0.25) is 9.59 Å². The van der Waals surface area contributed by atoms with Gasteiger partial charge in [0.25, 0.3) is 5.91 Å². The molecule has 0 aliphatic heterocycles. The molecule has 0 saturated heterocycles. The lowest BCUT2D eigenvalue weighted by molar-refractivity contribution is -0.120. The predicted molar refractivity (Wildman–Crippen MR) is 69.2 cm³/mol. The summed E-state index contributed by atoms with van der Waals surface area (Å²) >= 11 is 0. The first-order chi connectivity index (χ1) is 8.47. The number of nitrogens with one attached hydrogen (secondary N) is 1. The Labute approximate surface area is 106 Å². The molecule has 0 aromatic heterocycles. The molecule has 0 aliphatic carbocycles. The van der Waals surface area contributed by atoms with Crippen LogP contribution in [-0.4, -0.2) is 18.4 Å². The van der Waals surface area contributed by atoms with Crippen molar-refractivity contribution in [2.75, 3.05) is 11.9 Å². The molecule has 2 amide bonds. The highest BCUT2D eigenvalue weighted by atomic mass is 16.5. The van der Waals surface area contributed by atoms with Crippen LogP contribution in [0.5, 0.6) is 5.75 Å². The van der Waals surface area contributed by atoms with Gasteiger partial charge in [-0.2, -0.15) is 0 Å². The third-order valence-corrected chi connectivity index (χ3v) is 1.92. The van der Waals surface area contributed by atoms with Crippen LogP contribution in [0.1, 0.15) is 13.8 Å². The van der Waals surface area contributed by atoms with E-state index >= 15 is 0 Å². The molecular weight excluding hydrogens is 232 g/mol. The standard InChI is InChI=1S/C13H16N2O3/c1-9(2)7-13(17)15-10-3-5-11(6-4-10)18-8-12(14)16/h3-7H,8H2,1-2H3,(H2,14,16)(H,15,17). The van der Waals surface area contributed by atoms with Gasteiger partial charge in [0.15, 0.2) is 6.61 Å². The second kappa shape index (κ2) is 6.44. The van der Waals surface area contributed by atoms with E-state index in [1.54, 1.807) is 24.3 Å². The number of amides is 2. The van der Waals surface area contributed by atoms with E-state index < -0.39 is 5.91 Å². The molecule has 1 aromatic rings. The molecule has 1 rings (SSSR count). The Morgan fingerprint density at radius 3 is 2.39 bits per heavy atom. The molecule has 1 aromatic carbocycles. The minimum absolute atomic E-state index is 0.163. The summed E-state index contributed by atoms with van der Waals surface area (Å²) in [6.07, 6.45) is 1.51. The van der Waals surface area contributed by atoms with E-state index in [1.165, 1.54) is 6.08 Å². The largest absolute Gasteiger partial charge is 0.484 e. The van der Waals surface area contributed by atoms with Crippen molar-refractivity contribution in [3.63, 3.8) is 0 Å². The average Bonchev–Trinajstić information content (AvgIpc) is 2.26. The van der Waals surface area contributed by atoms with Crippen LogP contribution in [0.3, 0.4) is 0 Å². The smallest absolute Gasteiger partial charge is 0.255 e. The van der Waals surface area contributed by atoms with Crippen molar-refractivity contribution in [1.82, 2.24) is 0 Å². The summed E-state index contributed by atoms with van der Waals surface area (Å²) in [5.41, 5.74) is 6.54. The highest BCUT2D eigenvalue weighted by Crippen LogP contribution is 2.15. The van der Waals surface area contributed by atoms with Crippen LogP contribution < -0.4 is 15.8 Å². The quantitative estimate of drug-likeness (QED) is 0.774. The Bertz CT molecular complexity index is 460. The van der Waals surface area contributed by atoms with Crippen molar-refractivity contribution < 1.29 is 14.3 Å². The molecule has 0 radical (unpaired) electrons. The normalized spacial score (nSPS) is 9.44. The lowest BCUT2D eigenvalue weighted by atomic mass is 10.3. The summed E-state index contributed by atoms with van der Waals surface area (Å²) in [5.74, 6) is -0.189. The molecule has 0 bridgehead atoms. The van der Waals surface area contributed by atoms with Crippen LogP contribution in [0.4, 0.5) is 5.69 Å². The Kier molecular flexibility index (Phi) is 4.92. The molecule has 0 atom stereocenters. The summed E-state index contributed by atoms with van der Waals surface area (Å²) in [5, 5.41) is 2.70. The van der Waals surface area contributed by atoms with E-state index in [2.05, 4.69) is 5.32 Å². The summed E-state index contributed by atoms with van der Waals surface area (Å²) in [6, 6.07) is 6.68. The van der Waals surface area contributed by atoms with Gasteiger partial charge in [0.05, 0.1) is 0 Å². The monoisotopic (exact) mass is 248 g/mol. The second-order valence-corrected chi connectivity index (χ2v) is 3.99. The SMILES string of the molecule is CC(C)=CC(=O)Nc1ccc(OCC(N)=O)cc1. The lowest BCUT2D eigenvalue weighted by Gasteiger charge is -2.06. The maximum atomic E-state index is 11.4. The van der Waals surface area contributed by atoms with Crippen LogP contribution in [0.15, 0.2) is 35.9 Å². The molecule has 5 heteroatoms. The molecule has 96 valence electrons. The van der Waals surface area contributed by atoms with Gasteiger partial charge in [0.1, 0.15) is 5.75 Å². The average molecular weight is 248 g/mol. The number of anilines is 1. The summed E-state index contributed by atoms with van der Waals surface area (Å²) in [6.45, 7) is 3.53. The number of benzene rings is 1. The van der Waals surface area contributed by atoms with Crippen molar-refractivity contribution in [2.24, 2.45) is 5.73 Å². The molecule has 18 heavy (non-hydrogen) atoms. The molecule has 0 heterocycles. The Morgan fingerprint density at radius 2 is 1.89 bits per heavy atom. The molecular formula is C13H16N2O3. The minimum Gasteiger partial charge on any atom is -0.484 e. The Morgan fingerprint density at radius 1 is 1.28 bits per heavy atom. The number of hydrogen-bond acceptors (Lipinski definition) is 3. The third kappa shape index (κ3) is 5.16. The maximum Gasteiger partial charge on any atom is 0.255 e. The van der Waals surface area contributed by atoms with E-state index in [-0.39, 0.29) is 12.5 Å². The molecule has 0 unspecified atom stereocenters. The summed E-state index contributed by atoms with van der Waals surface area (Å²) in [7, 11) is 0. The number of nitrogens with two attached hydrogens (primary N) is 1.